The van der Waals surface area contributed by atoms with E-state index >= 15 is 0 Å². The Kier molecular flexibility index (Phi) is 4.16. The van der Waals surface area contributed by atoms with E-state index in [9.17, 15) is 9.18 Å². The maximum absolute atomic E-state index is 13.5. The summed E-state index contributed by atoms with van der Waals surface area (Å²) in [5.41, 5.74) is 1.89. The molecule has 0 aliphatic heterocycles. The Bertz CT molecular complexity index is 599. The van der Waals surface area contributed by atoms with Crippen LogP contribution >= 0.6 is 15.9 Å². The van der Waals surface area contributed by atoms with Crippen LogP contribution in [0.2, 0.25) is 0 Å². The topological polar surface area (TPSA) is 41.1 Å². The highest BCUT2D eigenvalue weighted by Gasteiger charge is 2.07. The molecule has 2 rings (SSSR count). The molecule has 0 aliphatic rings. The van der Waals surface area contributed by atoms with Crippen LogP contribution in [0.5, 0.6) is 0 Å². The van der Waals surface area contributed by atoms with E-state index in [0.29, 0.717) is 10.2 Å². The first-order valence-corrected chi connectivity index (χ1v) is 6.43. The van der Waals surface area contributed by atoms with E-state index in [4.69, 9.17) is 0 Å². The van der Waals surface area contributed by atoms with E-state index in [1.54, 1.807) is 18.2 Å². The van der Waals surface area contributed by atoms with Crippen molar-refractivity contribution >= 4 is 33.3 Å². The van der Waals surface area contributed by atoms with Crippen molar-refractivity contribution in [2.45, 2.75) is 6.92 Å². The number of urea groups is 1. The molecule has 0 aliphatic carbocycles. The first-order chi connectivity index (χ1) is 9.04. The van der Waals surface area contributed by atoms with Gasteiger partial charge in [-0.15, -0.1) is 0 Å². The second-order valence-electron chi connectivity index (χ2n) is 4.07. The van der Waals surface area contributed by atoms with Crippen molar-refractivity contribution in [3.05, 3.63) is 58.3 Å². The molecule has 0 fully saturated rings. The number of nitrogens with one attached hydrogen (secondary N) is 2. The van der Waals surface area contributed by atoms with Gasteiger partial charge < -0.3 is 10.6 Å². The number of amides is 2. The van der Waals surface area contributed by atoms with Crippen LogP contribution in [-0.2, 0) is 0 Å². The van der Waals surface area contributed by atoms with Crippen molar-refractivity contribution in [1.29, 1.82) is 0 Å². The molecule has 0 saturated heterocycles. The minimum Gasteiger partial charge on any atom is -0.308 e. The third-order valence-corrected chi connectivity index (χ3v) is 2.98. The Balaban J connectivity index is 2.03. The summed E-state index contributed by atoms with van der Waals surface area (Å²) in [7, 11) is 0. The molecule has 0 aromatic heterocycles. The van der Waals surface area contributed by atoms with Gasteiger partial charge in [-0.1, -0.05) is 33.6 Å². The average Bonchev–Trinajstić information content (AvgIpc) is 2.36. The fraction of sp³-hybridized carbons (Fsp3) is 0.0714. The minimum atomic E-state index is -0.492. The van der Waals surface area contributed by atoms with Crippen LogP contribution in [0.4, 0.5) is 20.6 Å². The SMILES string of the molecule is Cc1ccc(NC(=O)Nc2ccc(Br)cc2F)cc1. The van der Waals surface area contributed by atoms with Crippen LogP contribution in [0.1, 0.15) is 5.56 Å². The van der Waals surface area contributed by atoms with Crippen molar-refractivity contribution in [2.75, 3.05) is 10.6 Å². The number of carbonyl (C=O) groups is 1. The molecule has 0 saturated carbocycles. The molecule has 0 atom stereocenters. The van der Waals surface area contributed by atoms with Crippen LogP contribution in [0, 0.1) is 12.7 Å². The summed E-state index contributed by atoms with van der Waals surface area (Å²) in [5, 5.41) is 5.09. The van der Waals surface area contributed by atoms with Crippen molar-refractivity contribution in [3.63, 3.8) is 0 Å². The molecule has 98 valence electrons. The first kappa shape index (κ1) is 13.5. The van der Waals surface area contributed by atoms with E-state index in [2.05, 4.69) is 26.6 Å². The maximum atomic E-state index is 13.5. The van der Waals surface area contributed by atoms with Gasteiger partial charge in [-0.3, -0.25) is 0 Å². The van der Waals surface area contributed by atoms with E-state index in [1.165, 1.54) is 12.1 Å². The fourth-order valence-corrected chi connectivity index (χ4v) is 1.85. The van der Waals surface area contributed by atoms with E-state index in [0.717, 1.165) is 5.56 Å². The Morgan fingerprint density at radius 1 is 1.11 bits per heavy atom. The largest absolute Gasteiger partial charge is 0.323 e. The highest BCUT2D eigenvalue weighted by Crippen LogP contribution is 2.19. The van der Waals surface area contributed by atoms with Crippen LogP contribution in [0.3, 0.4) is 0 Å². The van der Waals surface area contributed by atoms with Crippen LogP contribution in [-0.4, -0.2) is 6.03 Å². The normalized spacial score (nSPS) is 10.1. The maximum Gasteiger partial charge on any atom is 0.323 e. The Labute approximate surface area is 119 Å². The first-order valence-electron chi connectivity index (χ1n) is 5.64. The molecule has 0 spiro atoms. The minimum absolute atomic E-state index is 0.132. The predicted octanol–water partition coefficient (Wildman–Crippen LogP) is 4.54. The van der Waals surface area contributed by atoms with Gasteiger partial charge in [0.1, 0.15) is 5.82 Å². The van der Waals surface area contributed by atoms with Gasteiger partial charge in [0, 0.05) is 10.2 Å². The van der Waals surface area contributed by atoms with Gasteiger partial charge in [0.05, 0.1) is 5.69 Å². The summed E-state index contributed by atoms with van der Waals surface area (Å²) in [6, 6.07) is 11.3. The molecule has 5 heteroatoms. The molecule has 0 heterocycles. The number of carbonyl (C=O) groups excluding carboxylic acids is 1. The van der Waals surface area contributed by atoms with Crippen molar-refractivity contribution in [2.24, 2.45) is 0 Å². The van der Waals surface area contributed by atoms with Gasteiger partial charge in [0.25, 0.3) is 0 Å². The molecule has 2 aromatic rings. The van der Waals surface area contributed by atoms with Crippen LogP contribution < -0.4 is 10.6 Å². The molecule has 0 bridgehead atoms. The number of hydrogen-bond donors (Lipinski definition) is 2. The monoisotopic (exact) mass is 322 g/mol. The van der Waals surface area contributed by atoms with E-state index in [-0.39, 0.29) is 5.69 Å². The standard InChI is InChI=1S/C14H12BrFN2O/c1-9-2-5-11(6-3-9)17-14(19)18-13-7-4-10(15)8-12(13)16/h2-8H,1H3,(H2,17,18,19). The highest BCUT2D eigenvalue weighted by atomic mass is 79.9. The van der Waals surface area contributed by atoms with Crippen molar-refractivity contribution in [3.8, 4) is 0 Å². The number of anilines is 2. The summed E-state index contributed by atoms with van der Waals surface area (Å²) >= 11 is 3.15. The van der Waals surface area contributed by atoms with Gasteiger partial charge in [-0.2, -0.15) is 0 Å². The van der Waals surface area contributed by atoms with E-state index in [1.807, 2.05) is 19.1 Å². The molecule has 19 heavy (non-hydrogen) atoms. The fourth-order valence-electron chi connectivity index (χ4n) is 1.51. The molecular formula is C14H12BrFN2O. The molecular weight excluding hydrogens is 311 g/mol. The second kappa shape index (κ2) is 5.84. The lowest BCUT2D eigenvalue weighted by atomic mass is 10.2. The lowest BCUT2D eigenvalue weighted by molar-refractivity contribution is 0.262. The predicted molar refractivity (Wildman–Crippen MR) is 77.9 cm³/mol. The van der Waals surface area contributed by atoms with Gasteiger partial charge in [-0.05, 0) is 37.3 Å². The number of aryl methyl sites for hydroxylation is 1. The number of rotatable bonds is 2. The highest BCUT2D eigenvalue weighted by molar-refractivity contribution is 9.10. The lowest BCUT2D eigenvalue weighted by Gasteiger charge is -2.08. The Hall–Kier alpha value is -1.88. The molecule has 3 nitrogen and oxygen atoms in total. The zero-order valence-corrected chi connectivity index (χ0v) is 11.8. The smallest absolute Gasteiger partial charge is 0.308 e. The third kappa shape index (κ3) is 3.79. The summed E-state index contributed by atoms with van der Waals surface area (Å²) in [6.45, 7) is 1.96. The van der Waals surface area contributed by atoms with Gasteiger partial charge in [-0.25, -0.2) is 9.18 Å². The van der Waals surface area contributed by atoms with Crippen molar-refractivity contribution in [1.82, 2.24) is 0 Å². The summed E-state index contributed by atoms with van der Waals surface area (Å²) in [6.07, 6.45) is 0. The average molecular weight is 323 g/mol. The molecule has 0 radical (unpaired) electrons. The van der Waals surface area contributed by atoms with Crippen LogP contribution in [0.25, 0.3) is 0 Å². The van der Waals surface area contributed by atoms with Gasteiger partial charge in [0.2, 0.25) is 0 Å². The summed E-state index contributed by atoms with van der Waals surface area (Å²) in [5.74, 6) is -0.492. The zero-order valence-electron chi connectivity index (χ0n) is 10.2. The lowest BCUT2D eigenvalue weighted by Crippen LogP contribution is -2.20. The third-order valence-electron chi connectivity index (χ3n) is 2.49. The zero-order chi connectivity index (χ0) is 13.8. The Morgan fingerprint density at radius 2 is 1.79 bits per heavy atom. The van der Waals surface area contributed by atoms with E-state index < -0.39 is 11.8 Å². The molecule has 2 N–H and O–H groups in total. The van der Waals surface area contributed by atoms with Crippen LogP contribution in [0.15, 0.2) is 46.9 Å². The summed E-state index contributed by atoms with van der Waals surface area (Å²) in [4.78, 5) is 11.7. The number of hydrogen-bond acceptors (Lipinski definition) is 1. The summed E-state index contributed by atoms with van der Waals surface area (Å²) < 4.78 is 14.1. The second-order valence-corrected chi connectivity index (χ2v) is 4.98. The molecule has 2 aromatic carbocycles. The quantitative estimate of drug-likeness (QED) is 0.837. The number of benzene rings is 2. The molecule has 0 unspecified atom stereocenters. The van der Waals surface area contributed by atoms with Gasteiger partial charge >= 0.3 is 6.03 Å². The Morgan fingerprint density at radius 3 is 2.42 bits per heavy atom. The van der Waals surface area contributed by atoms with Crippen molar-refractivity contribution < 1.29 is 9.18 Å². The van der Waals surface area contributed by atoms with Gasteiger partial charge in [0.15, 0.2) is 0 Å². The number of halogens is 2. The molecule has 2 amide bonds.